The number of hydrogen-bond donors (Lipinski definition) is 2. The standard InChI is InChI=1S/C24H27ClO2/c1-23(2,3)14-12-18(22(27)19(13-14)24(4,5)6)17-11-10-15-16(21(17)26)8-7-9-20(15)25/h7-13,26-27H,1-6H3. The summed E-state index contributed by atoms with van der Waals surface area (Å²) >= 11 is 6.27. The first-order valence-electron chi connectivity index (χ1n) is 9.20. The van der Waals surface area contributed by atoms with Crippen LogP contribution in [0.4, 0.5) is 0 Å². The number of phenolic OH excluding ortho intramolecular Hbond substituents is 2. The summed E-state index contributed by atoms with van der Waals surface area (Å²) in [5.41, 5.74) is 2.93. The van der Waals surface area contributed by atoms with Gasteiger partial charge in [-0.05, 0) is 34.6 Å². The van der Waals surface area contributed by atoms with Crippen LogP contribution in [0.15, 0.2) is 42.5 Å². The Morgan fingerprint density at radius 3 is 1.96 bits per heavy atom. The largest absolute Gasteiger partial charge is 0.507 e. The van der Waals surface area contributed by atoms with Gasteiger partial charge in [0.2, 0.25) is 0 Å². The van der Waals surface area contributed by atoms with Crippen molar-refractivity contribution >= 4 is 22.4 Å². The molecule has 0 heterocycles. The molecule has 0 bridgehead atoms. The molecule has 0 atom stereocenters. The fraction of sp³-hybridized carbons (Fsp3) is 0.333. The van der Waals surface area contributed by atoms with E-state index in [0.717, 1.165) is 16.5 Å². The Hall–Kier alpha value is -2.19. The van der Waals surface area contributed by atoms with Crippen LogP contribution in [-0.2, 0) is 10.8 Å². The van der Waals surface area contributed by atoms with E-state index in [0.29, 0.717) is 21.5 Å². The van der Waals surface area contributed by atoms with Gasteiger partial charge in [0.15, 0.2) is 0 Å². The molecule has 0 spiro atoms. The van der Waals surface area contributed by atoms with Gasteiger partial charge < -0.3 is 10.2 Å². The zero-order valence-corrected chi connectivity index (χ0v) is 17.6. The van der Waals surface area contributed by atoms with Crippen molar-refractivity contribution in [3.63, 3.8) is 0 Å². The Labute approximate surface area is 166 Å². The molecule has 3 aromatic carbocycles. The molecule has 142 valence electrons. The fourth-order valence-corrected chi connectivity index (χ4v) is 3.60. The van der Waals surface area contributed by atoms with Crippen LogP contribution in [0, 0.1) is 0 Å². The highest BCUT2D eigenvalue weighted by Crippen LogP contribution is 2.46. The third kappa shape index (κ3) is 3.51. The van der Waals surface area contributed by atoms with Crippen molar-refractivity contribution in [3.8, 4) is 22.6 Å². The number of phenols is 2. The third-order valence-corrected chi connectivity index (χ3v) is 5.38. The first-order chi connectivity index (χ1) is 12.4. The SMILES string of the molecule is CC(C)(C)c1cc(-c2ccc3c(Cl)cccc3c2O)c(O)c(C(C)(C)C)c1. The van der Waals surface area contributed by atoms with Crippen LogP contribution in [0.5, 0.6) is 11.5 Å². The zero-order valence-electron chi connectivity index (χ0n) is 16.8. The summed E-state index contributed by atoms with van der Waals surface area (Å²) < 4.78 is 0. The lowest BCUT2D eigenvalue weighted by molar-refractivity contribution is 0.445. The smallest absolute Gasteiger partial charge is 0.131 e. The van der Waals surface area contributed by atoms with Gasteiger partial charge in [-0.1, -0.05) is 77.4 Å². The number of halogens is 1. The Morgan fingerprint density at radius 1 is 0.704 bits per heavy atom. The quantitative estimate of drug-likeness (QED) is 0.468. The summed E-state index contributed by atoms with van der Waals surface area (Å²) in [5.74, 6) is 0.350. The second-order valence-corrected chi connectivity index (χ2v) is 9.62. The molecule has 3 heteroatoms. The van der Waals surface area contributed by atoms with Gasteiger partial charge >= 0.3 is 0 Å². The minimum atomic E-state index is -0.226. The molecule has 27 heavy (non-hydrogen) atoms. The lowest BCUT2D eigenvalue weighted by Crippen LogP contribution is -2.17. The first-order valence-corrected chi connectivity index (χ1v) is 9.57. The molecule has 0 aliphatic carbocycles. The average Bonchev–Trinajstić information content (AvgIpc) is 2.54. The van der Waals surface area contributed by atoms with Crippen LogP contribution >= 0.6 is 11.6 Å². The van der Waals surface area contributed by atoms with E-state index < -0.39 is 0 Å². The Morgan fingerprint density at radius 2 is 1.37 bits per heavy atom. The molecule has 0 amide bonds. The average molecular weight is 383 g/mol. The van der Waals surface area contributed by atoms with Crippen LogP contribution in [0.3, 0.4) is 0 Å². The summed E-state index contributed by atoms with van der Waals surface area (Å²) in [6, 6.07) is 13.3. The van der Waals surface area contributed by atoms with Gasteiger partial charge in [-0.2, -0.15) is 0 Å². The summed E-state index contributed by atoms with van der Waals surface area (Å²) in [4.78, 5) is 0. The predicted molar refractivity (Wildman–Crippen MR) is 115 cm³/mol. The Kier molecular flexibility index (Phi) is 4.68. The third-order valence-electron chi connectivity index (χ3n) is 5.05. The van der Waals surface area contributed by atoms with Gasteiger partial charge in [-0.15, -0.1) is 0 Å². The molecule has 3 rings (SSSR count). The van der Waals surface area contributed by atoms with Crippen LogP contribution in [0.25, 0.3) is 21.9 Å². The normalized spacial score (nSPS) is 12.6. The number of benzene rings is 3. The van der Waals surface area contributed by atoms with E-state index in [1.165, 1.54) is 0 Å². The van der Waals surface area contributed by atoms with Gasteiger partial charge in [0.25, 0.3) is 0 Å². The van der Waals surface area contributed by atoms with Gasteiger partial charge in [0, 0.05) is 32.5 Å². The van der Waals surface area contributed by atoms with Crippen LogP contribution in [0.2, 0.25) is 5.02 Å². The van der Waals surface area contributed by atoms with Crippen molar-refractivity contribution < 1.29 is 10.2 Å². The Balaban J connectivity index is 2.38. The van der Waals surface area contributed by atoms with E-state index in [-0.39, 0.29) is 22.3 Å². The minimum absolute atomic E-state index is 0.0851. The molecule has 0 fully saturated rings. The Bertz CT molecular complexity index is 1020. The predicted octanol–water partition coefficient (Wildman–Crippen LogP) is 7.17. The highest BCUT2D eigenvalue weighted by atomic mass is 35.5. The molecule has 0 aliphatic heterocycles. The van der Waals surface area contributed by atoms with E-state index in [1.807, 2.05) is 30.3 Å². The second-order valence-electron chi connectivity index (χ2n) is 9.22. The zero-order chi connectivity index (χ0) is 20.1. The molecule has 2 N–H and O–H groups in total. The topological polar surface area (TPSA) is 40.5 Å². The molecule has 0 aliphatic rings. The van der Waals surface area contributed by atoms with E-state index in [9.17, 15) is 10.2 Å². The van der Waals surface area contributed by atoms with Gasteiger partial charge in [-0.3, -0.25) is 0 Å². The molecule has 0 aromatic heterocycles. The summed E-state index contributed by atoms with van der Waals surface area (Å²) in [7, 11) is 0. The summed E-state index contributed by atoms with van der Waals surface area (Å²) in [6.45, 7) is 12.7. The molecule has 3 aromatic rings. The molecule has 0 saturated carbocycles. The molecule has 0 saturated heterocycles. The van der Waals surface area contributed by atoms with Crippen molar-refractivity contribution in [2.75, 3.05) is 0 Å². The summed E-state index contributed by atoms with van der Waals surface area (Å²) in [6.07, 6.45) is 0. The van der Waals surface area contributed by atoms with Crippen molar-refractivity contribution in [1.82, 2.24) is 0 Å². The van der Waals surface area contributed by atoms with Gasteiger partial charge in [0.05, 0.1) is 0 Å². The monoisotopic (exact) mass is 382 g/mol. The van der Waals surface area contributed by atoms with Gasteiger partial charge in [-0.25, -0.2) is 0 Å². The van der Waals surface area contributed by atoms with E-state index >= 15 is 0 Å². The van der Waals surface area contributed by atoms with Crippen molar-refractivity contribution in [2.45, 2.75) is 52.4 Å². The minimum Gasteiger partial charge on any atom is -0.507 e. The molecule has 0 radical (unpaired) electrons. The van der Waals surface area contributed by atoms with Crippen LogP contribution < -0.4 is 0 Å². The number of hydrogen-bond acceptors (Lipinski definition) is 2. The molecular formula is C24H27ClO2. The molecular weight excluding hydrogens is 356 g/mol. The fourth-order valence-electron chi connectivity index (χ4n) is 3.37. The highest BCUT2D eigenvalue weighted by molar-refractivity contribution is 6.35. The highest BCUT2D eigenvalue weighted by Gasteiger charge is 2.26. The van der Waals surface area contributed by atoms with Crippen LogP contribution in [-0.4, -0.2) is 10.2 Å². The lowest BCUT2D eigenvalue weighted by Gasteiger charge is -2.28. The summed E-state index contributed by atoms with van der Waals surface area (Å²) in [5, 5.41) is 24.1. The molecule has 0 unspecified atom stereocenters. The van der Waals surface area contributed by atoms with Crippen molar-refractivity contribution in [3.05, 3.63) is 58.6 Å². The van der Waals surface area contributed by atoms with Gasteiger partial charge in [0.1, 0.15) is 11.5 Å². The second kappa shape index (κ2) is 6.45. The maximum Gasteiger partial charge on any atom is 0.131 e. The number of aromatic hydroxyl groups is 2. The van der Waals surface area contributed by atoms with Crippen LogP contribution in [0.1, 0.15) is 52.7 Å². The van der Waals surface area contributed by atoms with E-state index in [1.54, 1.807) is 6.07 Å². The van der Waals surface area contributed by atoms with Crippen molar-refractivity contribution in [1.29, 1.82) is 0 Å². The molecule has 2 nitrogen and oxygen atoms in total. The number of fused-ring (bicyclic) bond motifs is 1. The van der Waals surface area contributed by atoms with Crippen molar-refractivity contribution in [2.24, 2.45) is 0 Å². The lowest BCUT2D eigenvalue weighted by atomic mass is 9.78. The maximum atomic E-state index is 11.1. The first kappa shape index (κ1) is 19.6. The maximum absolute atomic E-state index is 11.1. The number of rotatable bonds is 1. The van der Waals surface area contributed by atoms with E-state index in [4.69, 9.17) is 11.6 Å². The van der Waals surface area contributed by atoms with E-state index in [2.05, 4.69) is 47.6 Å².